The number of nitrogens with two attached hydrogens (primary N) is 1. The first kappa shape index (κ1) is 19.0. The number of hydrogen-bond acceptors (Lipinski definition) is 3. The molecular weight excluding hydrogens is 371 g/mol. The second-order valence-electron chi connectivity index (χ2n) is 7.43. The monoisotopic (exact) mass is 394 g/mol. The molecule has 1 saturated heterocycles. The lowest BCUT2D eigenvalue weighted by Gasteiger charge is -2.35. The number of halogens is 1. The largest absolute Gasteiger partial charge is 0.369 e. The Balaban J connectivity index is 1.85. The number of amides is 2. The highest BCUT2D eigenvalue weighted by Crippen LogP contribution is 2.39. The molecule has 150 valence electrons. The van der Waals surface area contributed by atoms with E-state index in [1.165, 1.54) is 12.1 Å². The van der Waals surface area contributed by atoms with E-state index in [1.54, 1.807) is 0 Å². The number of anilines is 1. The van der Waals surface area contributed by atoms with Crippen LogP contribution in [0.2, 0.25) is 0 Å². The van der Waals surface area contributed by atoms with Crippen molar-refractivity contribution in [1.29, 1.82) is 0 Å². The van der Waals surface area contributed by atoms with Crippen molar-refractivity contribution in [2.75, 3.05) is 18.0 Å². The zero-order valence-corrected chi connectivity index (χ0v) is 16.0. The van der Waals surface area contributed by atoms with Crippen LogP contribution in [0.5, 0.6) is 0 Å². The van der Waals surface area contributed by atoms with E-state index < -0.39 is 11.7 Å². The van der Waals surface area contributed by atoms with Crippen molar-refractivity contribution in [3.63, 3.8) is 0 Å². The number of rotatable bonds is 5. The maximum Gasteiger partial charge on any atom is 0.243 e. The summed E-state index contributed by atoms with van der Waals surface area (Å²) in [5.41, 5.74) is 8.00. The van der Waals surface area contributed by atoms with E-state index in [-0.39, 0.29) is 18.4 Å². The van der Waals surface area contributed by atoms with Gasteiger partial charge in [-0.25, -0.2) is 4.39 Å². The number of carbonyl (C=O) groups excluding carboxylic acids is 2. The summed E-state index contributed by atoms with van der Waals surface area (Å²) in [6.07, 6.45) is 2.86. The summed E-state index contributed by atoms with van der Waals surface area (Å²) in [5.74, 6) is -1.14. The molecule has 2 aromatic carbocycles. The molecule has 2 heterocycles. The Labute approximate surface area is 167 Å². The van der Waals surface area contributed by atoms with E-state index in [0.29, 0.717) is 24.3 Å². The second-order valence-corrected chi connectivity index (χ2v) is 7.43. The van der Waals surface area contributed by atoms with Gasteiger partial charge in [0.2, 0.25) is 11.8 Å². The molecule has 1 aliphatic heterocycles. The van der Waals surface area contributed by atoms with Gasteiger partial charge in [-0.3, -0.25) is 9.59 Å². The maximum atomic E-state index is 15.4. The van der Waals surface area contributed by atoms with Crippen molar-refractivity contribution >= 4 is 39.3 Å². The minimum Gasteiger partial charge on any atom is -0.369 e. The summed E-state index contributed by atoms with van der Waals surface area (Å²) >= 11 is 0. The molecule has 0 unspecified atom stereocenters. The second kappa shape index (κ2) is 7.58. The quantitative estimate of drug-likeness (QED) is 0.581. The highest BCUT2D eigenvalue weighted by molar-refractivity contribution is 6.15. The van der Waals surface area contributed by atoms with Crippen LogP contribution in [0.25, 0.3) is 21.8 Å². The topological polar surface area (TPSA) is 91.2 Å². The van der Waals surface area contributed by atoms with Crippen molar-refractivity contribution in [2.24, 2.45) is 5.73 Å². The van der Waals surface area contributed by atoms with Crippen LogP contribution in [0.1, 0.15) is 18.4 Å². The zero-order chi connectivity index (χ0) is 20.5. The van der Waals surface area contributed by atoms with Crippen LogP contribution >= 0.6 is 0 Å². The molecule has 0 bridgehead atoms. The highest BCUT2D eigenvalue weighted by Gasteiger charge is 2.27. The van der Waals surface area contributed by atoms with Gasteiger partial charge in [-0.15, -0.1) is 0 Å². The summed E-state index contributed by atoms with van der Waals surface area (Å²) in [5, 5.41) is 4.55. The molecule has 6 nitrogen and oxygen atoms in total. The molecule has 1 fully saturated rings. The average Bonchev–Trinajstić information content (AvgIpc) is 3.07. The Hall–Kier alpha value is -3.35. The normalized spacial score (nSPS) is 16.9. The van der Waals surface area contributed by atoms with E-state index in [9.17, 15) is 9.59 Å². The molecule has 0 spiro atoms. The van der Waals surface area contributed by atoms with Gasteiger partial charge < -0.3 is 20.9 Å². The Kier molecular flexibility index (Phi) is 4.96. The van der Waals surface area contributed by atoms with E-state index in [1.807, 2.05) is 29.2 Å². The predicted molar refractivity (Wildman–Crippen MR) is 112 cm³/mol. The summed E-state index contributed by atoms with van der Waals surface area (Å²) in [4.78, 5) is 28.5. The number of primary amides is 1. The number of hydrogen-bond donors (Lipinski definition) is 3. The van der Waals surface area contributed by atoms with E-state index in [0.717, 1.165) is 34.6 Å². The molecule has 29 heavy (non-hydrogen) atoms. The number of aromatic nitrogens is 1. The number of benzene rings is 2. The van der Waals surface area contributed by atoms with Crippen LogP contribution in [0.4, 0.5) is 10.1 Å². The molecule has 3 aromatic rings. The number of aromatic amines is 1. The van der Waals surface area contributed by atoms with Gasteiger partial charge in [0.25, 0.3) is 0 Å². The summed E-state index contributed by atoms with van der Waals surface area (Å²) in [6, 6.07) is 8.98. The van der Waals surface area contributed by atoms with Crippen molar-refractivity contribution < 1.29 is 14.0 Å². The highest BCUT2D eigenvalue weighted by atomic mass is 19.1. The third kappa shape index (κ3) is 3.55. The number of H-pyrrole nitrogens is 1. The Morgan fingerprint density at radius 1 is 1.38 bits per heavy atom. The van der Waals surface area contributed by atoms with Gasteiger partial charge in [0.1, 0.15) is 5.82 Å². The van der Waals surface area contributed by atoms with E-state index >= 15 is 4.39 Å². The Morgan fingerprint density at radius 3 is 2.93 bits per heavy atom. The van der Waals surface area contributed by atoms with E-state index in [2.05, 4.69) is 16.9 Å². The van der Waals surface area contributed by atoms with Gasteiger partial charge in [-0.1, -0.05) is 24.8 Å². The lowest BCUT2D eigenvalue weighted by Crippen LogP contribution is -2.47. The molecule has 7 heteroatoms. The standard InChI is InChI=1S/C22H23FN4O2/c1-2-19(29)25-14-6-5-9-27(12-14)22-16(23)10-13(11-18(24)28)21-20(22)15-7-3-4-8-17(15)26-21/h2-4,7-8,10,14,26H,1,5-6,9,11-12H2,(H2,24,28)(H,25,29)/t14-/m0/s1. The molecule has 0 saturated carbocycles. The van der Waals surface area contributed by atoms with E-state index in [4.69, 9.17) is 5.73 Å². The number of para-hydroxylation sites is 1. The van der Waals surface area contributed by atoms with Crippen LogP contribution in [0.15, 0.2) is 43.0 Å². The van der Waals surface area contributed by atoms with Crippen molar-refractivity contribution in [3.05, 3.63) is 54.4 Å². The summed E-state index contributed by atoms with van der Waals surface area (Å²) in [6.45, 7) is 4.67. The molecule has 1 atom stereocenters. The van der Waals surface area contributed by atoms with Gasteiger partial charge in [0, 0.05) is 35.4 Å². The lowest BCUT2D eigenvalue weighted by molar-refractivity contribution is -0.118. The molecular formula is C22H23FN4O2. The molecule has 1 aromatic heterocycles. The zero-order valence-electron chi connectivity index (χ0n) is 16.0. The van der Waals surface area contributed by atoms with Crippen LogP contribution < -0.4 is 16.0 Å². The van der Waals surface area contributed by atoms with Crippen LogP contribution in [0.3, 0.4) is 0 Å². The Morgan fingerprint density at radius 2 is 2.17 bits per heavy atom. The maximum absolute atomic E-state index is 15.4. The number of piperidine rings is 1. The van der Waals surface area contributed by atoms with Crippen molar-refractivity contribution in [2.45, 2.75) is 25.3 Å². The summed E-state index contributed by atoms with van der Waals surface area (Å²) < 4.78 is 15.4. The molecule has 0 aliphatic carbocycles. The van der Waals surface area contributed by atoms with Gasteiger partial charge in [0.05, 0.1) is 17.6 Å². The first-order valence-corrected chi connectivity index (χ1v) is 9.66. The minimum atomic E-state index is -0.512. The molecule has 4 rings (SSSR count). The van der Waals surface area contributed by atoms with Gasteiger partial charge in [0.15, 0.2) is 0 Å². The third-order valence-corrected chi connectivity index (χ3v) is 5.43. The van der Waals surface area contributed by atoms with Crippen LogP contribution in [0, 0.1) is 5.82 Å². The molecule has 2 amide bonds. The van der Waals surface area contributed by atoms with Crippen molar-refractivity contribution in [3.8, 4) is 0 Å². The predicted octanol–water partition coefficient (Wildman–Crippen LogP) is 2.76. The molecule has 4 N–H and O–H groups in total. The van der Waals surface area contributed by atoms with Gasteiger partial charge >= 0.3 is 0 Å². The number of nitrogens with one attached hydrogen (secondary N) is 2. The van der Waals surface area contributed by atoms with Gasteiger partial charge in [-0.2, -0.15) is 0 Å². The van der Waals surface area contributed by atoms with Crippen LogP contribution in [-0.2, 0) is 16.0 Å². The first-order chi connectivity index (χ1) is 14.0. The molecule has 1 aliphatic rings. The van der Waals surface area contributed by atoms with Crippen LogP contribution in [-0.4, -0.2) is 35.9 Å². The fraction of sp³-hybridized carbons (Fsp3) is 0.273. The molecule has 0 radical (unpaired) electrons. The average molecular weight is 394 g/mol. The number of nitrogens with zero attached hydrogens (tertiary/aromatic N) is 1. The first-order valence-electron chi connectivity index (χ1n) is 9.66. The fourth-order valence-electron chi connectivity index (χ4n) is 4.24. The number of carbonyl (C=O) groups is 2. The smallest absolute Gasteiger partial charge is 0.243 e. The number of fused-ring (bicyclic) bond motifs is 3. The third-order valence-electron chi connectivity index (χ3n) is 5.43. The van der Waals surface area contributed by atoms with Gasteiger partial charge in [-0.05, 0) is 36.6 Å². The van der Waals surface area contributed by atoms with Crippen molar-refractivity contribution in [1.82, 2.24) is 10.3 Å². The summed E-state index contributed by atoms with van der Waals surface area (Å²) in [7, 11) is 0. The minimum absolute atomic E-state index is 0.0431. The SMILES string of the molecule is C=CC(=O)N[C@H]1CCCN(c2c(F)cc(CC(N)=O)c3[nH]c4ccccc4c23)C1. The lowest BCUT2D eigenvalue weighted by atomic mass is 10.00. The Bertz CT molecular complexity index is 1120. The fourth-order valence-corrected chi connectivity index (χ4v) is 4.24.